The normalized spacial score (nSPS) is 11.4. The van der Waals surface area contributed by atoms with Crippen molar-refractivity contribution in [2.24, 2.45) is 0 Å². The second kappa shape index (κ2) is 9.69. The molecule has 3 aromatic carbocycles. The van der Waals surface area contributed by atoms with Crippen LogP contribution in [0, 0.1) is 6.92 Å². The molecule has 0 amide bonds. The van der Waals surface area contributed by atoms with E-state index in [2.05, 4.69) is 9.71 Å². The standard InChI is InChI=1S/C24H20Cl2N2O6S/c1-13-7-15-10-21(34-20-5-3-14(9-24(29)30)8-22(20)33-2)19(12-18(15)27-13)28-35(31,32)23-6-4-16(25)11-17(23)26/h3-8,10-12,27-28H,9H2,1-2H3,(H,29,30). The third kappa shape index (κ3) is 5.48. The number of carboxylic acid groups (broad SMARTS) is 1. The highest BCUT2D eigenvalue weighted by Gasteiger charge is 2.22. The van der Waals surface area contributed by atoms with E-state index in [1.165, 1.54) is 25.3 Å². The largest absolute Gasteiger partial charge is 0.493 e. The Kier molecular flexibility index (Phi) is 6.84. The van der Waals surface area contributed by atoms with Gasteiger partial charge < -0.3 is 19.6 Å². The molecule has 0 aliphatic rings. The van der Waals surface area contributed by atoms with E-state index in [1.807, 2.05) is 13.0 Å². The molecule has 182 valence electrons. The highest BCUT2D eigenvalue weighted by atomic mass is 35.5. The maximum absolute atomic E-state index is 13.2. The van der Waals surface area contributed by atoms with Gasteiger partial charge in [0, 0.05) is 21.6 Å². The lowest BCUT2D eigenvalue weighted by atomic mass is 10.1. The molecule has 4 rings (SSSR count). The summed E-state index contributed by atoms with van der Waals surface area (Å²) in [6.07, 6.45) is -0.182. The van der Waals surface area contributed by atoms with Crippen LogP contribution in [0.1, 0.15) is 11.3 Å². The number of aromatic nitrogens is 1. The third-order valence-electron chi connectivity index (χ3n) is 5.09. The number of hydrogen-bond acceptors (Lipinski definition) is 5. The average Bonchev–Trinajstić information content (AvgIpc) is 3.12. The van der Waals surface area contributed by atoms with E-state index < -0.39 is 16.0 Å². The molecule has 0 saturated heterocycles. The van der Waals surface area contributed by atoms with Crippen molar-refractivity contribution < 1.29 is 27.8 Å². The Morgan fingerprint density at radius 3 is 2.49 bits per heavy atom. The molecule has 0 spiro atoms. The summed E-state index contributed by atoms with van der Waals surface area (Å²) >= 11 is 12.0. The van der Waals surface area contributed by atoms with Crippen molar-refractivity contribution in [1.29, 1.82) is 0 Å². The van der Waals surface area contributed by atoms with E-state index in [0.717, 1.165) is 11.1 Å². The van der Waals surface area contributed by atoms with Gasteiger partial charge in [0.25, 0.3) is 10.0 Å². The summed E-state index contributed by atoms with van der Waals surface area (Å²) in [5.41, 5.74) is 2.25. The van der Waals surface area contributed by atoms with Gasteiger partial charge in [-0.15, -0.1) is 0 Å². The zero-order valence-electron chi connectivity index (χ0n) is 18.6. The number of hydrogen-bond donors (Lipinski definition) is 3. The van der Waals surface area contributed by atoms with Crippen LogP contribution in [0.5, 0.6) is 17.2 Å². The fraction of sp³-hybridized carbons (Fsp3) is 0.125. The molecule has 8 nitrogen and oxygen atoms in total. The molecule has 0 atom stereocenters. The van der Waals surface area contributed by atoms with Crippen LogP contribution >= 0.6 is 23.2 Å². The number of nitrogens with one attached hydrogen (secondary N) is 2. The molecule has 0 fully saturated rings. The van der Waals surface area contributed by atoms with Gasteiger partial charge in [-0.1, -0.05) is 29.3 Å². The molecule has 3 N–H and O–H groups in total. The first-order valence-electron chi connectivity index (χ1n) is 10.2. The number of methoxy groups -OCH3 is 1. The molecule has 0 unspecified atom stereocenters. The molecule has 0 aliphatic heterocycles. The predicted octanol–water partition coefficient (Wildman–Crippen LogP) is 6.01. The van der Waals surface area contributed by atoms with Crippen molar-refractivity contribution in [2.45, 2.75) is 18.2 Å². The first-order valence-corrected chi connectivity index (χ1v) is 12.5. The van der Waals surface area contributed by atoms with Crippen LogP contribution in [0.4, 0.5) is 5.69 Å². The Balaban J connectivity index is 1.77. The van der Waals surface area contributed by atoms with Gasteiger partial charge in [0.05, 0.1) is 24.2 Å². The quantitative estimate of drug-likeness (QED) is 0.254. The molecule has 0 radical (unpaired) electrons. The van der Waals surface area contributed by atoms with Crippen LogP contribution in [0.3, 0.4) is 0 Å². The van der Waals surface area contributed by atoms with Gasteiger partial charge in [-0.05, 0) is 61.0 Å². The maximum Gasteiger partial charge on any atom is 0.307 e. The summed E-state index contributed by atoms with van der Waals surface area (Å²) < 4.78 is 40.3. The molecular formula is C24H20Cl2N2O6S. The number of anilines is 1. The molecule has 0 saturated carbocycles. The minimum atomic E-state index is -4.10. The number of sulfonamides is 1. The number of aliphatic carboxylic acids is 1. The van der Waals surface area contributed by atoms with Crippen molar-refractivity contribution >= 4 is 55.8 Å². The average molecular weight is 535 g/mol. The number of rotatable bonds is 8. The molecule has 35 heavy (non-hydrogen) atoms. The summed E-state index contributed by atoms with van der Waals surface area (Å²) in [6, 6.07) is 14.0. The lowest BCUT2D eigenvalue weighted by Gasteiger charge is -2.16. The third-order valence-corrected chi connectivity index (χ3v) is 7.17. The molecule has 1 aromatic heterocycles. The van der Waals surface area contributed by atoms with Gasteiger partial charge in [0.15, 0.2) is 17.2 Å². The summed E-state index contributed by atoms with van der Waals surface area (Å²) in [6.45, 7) is 1.88. The Bertz CT molecular complexity index is 1550. The van der Waals surface area contributed by atoms with Gasteiger partial charge >= 0.3 is 5.97 Å². The molecular weight excluding hydrogens is 515 g/mol. The van der Waals surface area contributed by atoms with E-state index in [1.54, 1.807) is 30.3 Å². The number of carboxylic acids is 1. The van der Waals surface area contributed by atoms with Crippen LogP contribution in [0.15, 0.2) is 59.5 Å². The Hall–Kier alpha value is -3.40. The Morgan fingerprint density at radius 2 is 1.80 bits per heavy atom. The summed E-state index contributed by atoms with van der Waals surface area (Å²) in [7, 11) is -2.68. The SMILES string of the molecule is COc1cc(CC(=O)O)ccc1Oc1cc2cc(C)[nH]c2cc1NS(=O)(=O)c1ccc(Cl)cc1Cl. The lowest BCUT2D eigenvalue weighted by molar-refractivity contribution is -0.136. The number of carbonyl (C=O) groups is 1. The van der Waals surface area contributed by atoms with Gasteiger partial charge in [-0.3, -0.25) is 9.52 Å². The molecule has 11 heteroatoms. The van der Waals surface area contributed by atoms with Crippen molar-refractivity contribution in [1.82, 2.24) is 4.98 Å². The van der Waals surface area contributed by atoms with Crippen molar-refractivity contribution in [3.8, 4) is 17.2 Å². The zero-order chi connectivity index (χ0) is 25.3. The monoisotopic (exact) mass is 534 g/mol. The highest BCUT2D eigenvalue weighted by Crippen LogP contribution is 2.39. The van der Waals surface area contributed by atoms with Gasteiger partial charge in [0.1, 0.15) is 4.90 Å². The highest BCUT2D eigenvalue weighted by molar-refractivity contribution is 7.92. The summed E-state index contributed by atoms with van der Waals surface area (Å²) in [4.78, 5) is 14.1. The van der Waals surface area contributed by atoms with Crippen molar-refractivity contribution in [3.05, 3.63) is 75.9 Å². The van der Waals surface area contributed by atoms with Crippen molar-refractivity contribution in [3.63, 3.8) is 0 Å². The first-order chi connectivity index (χ1) is 16.6. The summed E-state index contributed by atoms with van der Waals surface area (Å²) in [5.74, 6) is -0.206. The number of aromatic amines is 1. The number of H-pyrrole nitrogens is 1. The summed E-state index contributed by atoms with van der Waals surface area (Å²) in [5, 5.41) is 10.1. The Morgan fingerprint density at radius 1 is 1.03 bits per heavy atom. The van der Waals surface area contributed by atoms with Crippen LogP contribution < -0.4 is 14.2 Å². The van der Waals surface area contributed by atoms with E-state index >= 15 is 0 Å². The number of halogens is 2. The lowest BCUT2D eigenvalue weighted by Crippen LogP contribution is -2.14. The number of ether oxygens (including phenoxy) is 2. The zero-order valence-corrected chi connectivity index (χ0v) is 20.9. The minimum absolute atomic E-state index is 0.0278. The second-order valence-corrected chi connectivity index (χ2v) is 10.2. The molecule has 1 heterocycles. The second-order valence-electron chi connectivity index (χ2n) is 7.73. The smallest absolute Gasteiger partial charge is 0.307 e. The van der Waals surface area contributed by atoms with Crippen LogP contribution in [0.2, 0.25) is 10.0 Å². The molecule has 4 aromatic rings. The number of aryl methyl sites for hydroxylation is 1. The van der Waals surface area contributed by atoms with E-state index in [0.29, 0.717) is 21.9 Å². The predicted molar refractivity (Wildman–Crippen MR) is 135 cm³/mol. The van der Waals surface area contributed by atoms with Crippen molar-refractivity contribution in [2.75, 3.05) is 11.8 Å². The minimum Gasteiger partial charge on any atom is -0.493 e. The fourth-order valence-corrected chi connectivity index (χ4v) is 5.40. The van der Waals surface area contributed by atoms with E-state index in [-0.39, 0.29) is 33.5 Å². The van der Waals surface area contributed by atoms with Crippen LogP contribution in [-0.4, -0.2) is 31.6 Å². The van der Waals surface area contributed by atoms with Gasteiger partial charge in [-0.25, -0.2) is 8.42 Å². The topological polar surface area (TPSA) is 118 Å². The fourth-order valence-electron chi connectivity index (χ4n) is 3.56. The van der Waals surface area contributed by atoms with E-state index in [4.69, 9.17) is 37.8 Å². The molecule has 0 aliphatic carbocycles. The van der Waals surface area contributed by atoms with Gasteiger partial charge in [0.2, 0.25) is 0 Å². The Labute approximate surface area is 211 Å². The molecule has 0 bridgehead atoms. The first kappa shape index (κ1) is 24.7. The van der Waals surface area contributed by atoms with Crippen LogP contribution in [0.25, 0.3) is 10.9 Å². The van der Waals surface area contributed by atoms with Crippen LogP contribution in [-0.2, 0) is 21.2 Å². The maximum atomic E-state index is 13.2. The van der Waals surface area contributed by atoms with E-state index in [9.17, 15) is 13.2 Å². The number of fused-ring (bicyclic) bond motifs is 1. The number of benzene rings is 3. The van der Waals surface area contributed by atoms with Gasteiger partial charge in [-0.2, -0.15) is 0 Å².